The smallest absolute Gasteiger partial charge is 0.119 e. The summed E-state index contributed by atoms with van der Waals surface area (Å²) in [7, 11) is 1.66. The third-order valence-electron chi connectivity index (χ3n) is 10.4. The summed E-state index contributed by atoms with van der Waals surface area (Å²) in [6.07, 6.45) is 7.91. The fourth-order valence-corrected chi connectivity index (χ4v) is 7.34. The van der Waals surface area contributed by atoms with Crippen molar-refractivity contribution in [2.75, 3.05) is 16.9 Å². The second-order valence-corrected chi connectivity index (χ2v) is 14.1. The topological polar surface area (TPSA) is 83.5 Å². The Kier molecular flexibility index (Phi) is 11.6. The number of rotatable bonds is 12. The Morgan fingerprint density at radius 2 is 0.817 bits per heavy atom. The number of hydrogen-bond donors (Lipinski definition) is 1. The van der Waals surface area contributed by atoms with Gasteiger partial charge in [-0.2, -0.15) is 10.5 Å². The molecule has 0 amide bonds. The third-order valence-corrected chi connectivity index (χ3v) is 10.4. The van der Waals surface area contributed by atoms with E-state index in [0.717, 1.165) is 78.5 Å². The summed E-state index contributed by atoms with van der Waals surface area (Å²) in [5.74, 6) is 0.798. The molecule has 0 saturated heterocycles. The average Bonchev–Trinajstić information content (AvgIpc) is 3.32. The lowest BCUT2D eigenvalue weighted by molar-refractivity contribution is 0.282. The number of methoxy groups -OCH3 is 1. The van der Waals surface area contributed by atoms with Crippen LogP contribution < -0.4 is 14.5 Å². The van der Waals surface area contributed by atoms with Gasteiger partial charge in [0.15, 0.2) is 0 Å². The molecular formula is C54H40N4O2. The van der Waals surface area contributed by atoms with E-state index in [1.165, 1.54) is 0 Å². The van der Waals surface area contributed by atoms with Crippen LogP contribution in [-0.2, 0) is 6.61 Å². The summed E-state index contributed by atoms with van der Waals surface area (Å²) in [6, 6.07) is 65.3. The highest BCUT2D eigenvalue weighted by Gasteiger charge is 2.15. The first-order valence-electron chi connectivity index (χ1n) is 19.6. The summed E-state index contributed by atoms with van der Waals surface area (Å²) in [5.41, 5.74) is 11.5. The second-order valence-electron chi connectivity index (χ2n) is 14.1. The molecule has 0 fully saturated rings. The van der Waals surface area contributed by atoms with Gasteiger partial charge in [0, 0.05) is 44.9 Å². The Morgan fingerprint density at radius 3 is 1.18 bits per heavy atom. The molecule has 0 aliphatic rings. The van der Waals surface area contributed by atoms with E-state index < -0.39 is 0 Å². The Bertz CT molecular complexity index is 2670. The van der Waals surface area contributed by atoms with Crippen molar-refractivity contribution >= 4 is 69.2 Å². The van der Waals surface area contributed by atoms with E-state index in [-0.39, 0.29) is 6.61 Å². The summed E-state index contributed by atoms with van der Waals surface area (Å²) in [5, 5.41) is 31.8. The normalized spacial score (nSPS) is 11.1. The van der Waals surface area contributed by atoms with E-state index in [0.29, 0.717) is 11.1 Å². The molecule has 8 aromatic rings. The van der Waals surface area contributed by atoms with E-state index in [2.05, 4.69) is 94.7 Å². The van der Waals surface area contributed by atoms with Gasteiger partial charge in [-0.05, 0) is 113 Å². The van der Waals surface area contributed by atoms with E-state index in [4.69, 9.17) is 4.74 Å². The molecule has 8 aromatic carbocycles. The summed E-state index contributed by atoms with van der Waals surface area (Å²) in [6.45, 7) is -0.00558. The van der Waals surface area contributed by atoms with Crippen molar-refractivity contribution in [3.8, 4) is 17.9 Å². The van der Waals surface area contributed by atoms with E-state index in [1.807, 2.05) is 133 Å². The van der Waals surface area contributed by atoms with Crippen molar-refractivity contribution in [2.24, 2.45) is 0 Å². The Morgan fingerprint density at radius 1 is 0.450 bits per heavy atom. The Balaban J connectivity index is 1.03. The monoisotopic (exact) mass is 776 g/mol. The van der Waals surface area contributed by atoms with Crippen molar-refractivity contribution in [3.63, 3.8) is 0 Å². The number of anilines is 6. The van der Waals surface area contributed by atoms with Crippen LogP contribution in [0.25, 0.3) is 35.1 Å². The molecule has 0 spiro atoms. The Labute approximate surface area is 350 Å². The van der Waals surface area contributed by atoms with Crippen LogP contribution in [0.4, 0.5) is 34.1 Å². The lowest BCUT2D eigenvalue weighted by Gasteiger charge is -2.25. The van der Waals surface area contributed by atoms with Gasteiger partial charge < -0.3 is 19.6 Å². The van der Waals surface area contributed by atoms with Crippen LogP contribution >= 0.6 is 0 Å². The quantitative estimate of drug-likeness (QED) is 0.124. The Hall–Kier alpha value is -8.16. The molecule has 0 heterocycles. The molecule has 0 saturated carbocycles. The SMILES string of the molecule is COc1ccc(N(c2ccccc2)c2ccc(C=Cc3ccc4c(C#N)c(C=Cc5ccc(N(c6ccccc6)c6ccc(CO)cc6)cc5)ccc4c3C#N)cc2)cc1. The fourth-order valence-electron chi connectivity index (χ4n) is 7.34. The lowest BCUT2D eigenvalue weighted by atomic mass is 9.93. The number of aliphatic hydroxyl groups excluding tert-OH is 1. The predicted molar refractivity (Wildman–Crippen MR) is 246 cm³/mol. The van der Waals surface area contributed by atoms with Crippen molar-refractivity contribution in [1.29, 1.82) is 10.5 Å². The van der Waals surface area contributed by atoms with Crippen LogP contribution in [0.15, 0.2) is 182 Å². The number of aliphatic hydroxyl groups is 1. The van der Waals surface area contributed by atoms with Crippen molar-refractivity contribution in [1.82, 2.24) is 0 Å². The van der Waals surface area contributed by atoms with Gasteiger partial charge in [-0.25, -0.2) is 0 Å². The van der Waals surface area contributed by atoms with E-state index in [9.17, 15) is 15.6 Å². The van der Waals surface area contributed by atoms with Crippen molar-refractivity contribution in [3.05, 3.63) is 221 Å². The highest BCUT2D eigenvalue weighted by molar-refractivity contribution is 5.98. The molecule has 60 heavy (non-hydrogen) atoms. The molecule has 0 bridgehead atoms. The molecule has 1 N–H and O–H groups in total. The molecule has 0 aromatic heterocycles. The molecule has 6 nitrogen and oxygen atoms in total. The molecule has 0 atom stereocenters. The minimum absolute atomic E-state index is 0.00558. The first-order valence-corrected chi connectivity index (χ1v) is 19.6. The van der Waals surface area contributed by atoms with Crippen LogP contribution in [-0.4, -0.2) is 12.2 Å². The van der Waals surface area contributed by atoms with Crippen molar-refractivity contribution in [2.45, 2.75) is 6.61 Å². The molecule has 0 aliphatic heterocycles. The molecule has 0 unspecified atom stereocenters. The van der Waals surface area contributed by atoms with Gasteiger partial charge in [-0.15, -0.1) is 0 Å². The first-order chi connectivity index (χ1) is 29.6. The number of para-hydroxylation sites is 2. The summed E-state index contributed by atoms with van der Waals surface area (Å²) < 4.78 is 5.39. The molecule has 6 heteroatoms. The third kappa shape index (κ3) is 8.28. The largest absolute Gasteiger partial charge is 0.497 e. The molecule has 8 rings (SSSR count). The zero-order valence-electron chi connectivity index (χ0n) is 33.0. The number of fused-ring (bicyclic) bond motifs is 1. The minimum Gasteiger partial charge on any atom is -0.497 e. The van der Waals surface area contributed by atoms with E-state index >= 15 is 0 Å². The molecule has 288 valence electrons. The average molecular weight is 777 g/mol. The van der Waals surface area contributed by atoms with Crippen LogP contribution in [0.3, 0.4) is 0 Å². The van der Waals surface area contributed by atoms with Gasteiger partial charge in [0.1, 0.15) is 17.9 Å². The van der Waals surface area contributed by atoms with E-state index in [1.54, 1.807) is 7.11 Å². The van der Waals surface area contributed by atoms with Crippen LogP contribution in [0.2, 0.25) is 0 Å². The fraction of sp³-hybridized carbons (Fsp3) is 0.0370. The molecular weight excluding hydrogens is 737 g/mol. The minimum atomic E-state index is -0.00558. The van der Waals surface area contributed by atoms with Gasteiger partial charge in [0.25, 0.3) is 0 Å². The number of ether oxygens (including phenoxy) is 1. The van der Waals surface area contributed by atoms with Gasteiger partial charge in [0.05, 0.1) is 24.8 Å². The summed E-state index contributed by atoms with van der Waals surface area (Å²) >= 11 is 0. The van der Waals surface area contributed by atoms with Gasteiger partial charge in [0.2, 0.25) is 0 Å². The highest BCUT2D eigenvalue weighted by atomic mass is 16.5. The predicted octanol–water partition coefficient (Wildman–Crippen LogP) is 13.4. The number of nitriles is 2. The van der Waals surface area contributed by atoms with Gasteiger partial charge >= 0.3 is 0 Å². The molecule has 0 aliphatic carbocycles. The zero-order chi connectivity index (χ0) is 41.3. The van der Waals surface area contributed by atoms with Crippen LogP contribution in [0.5, 0.6) is 5.75 Å². The highest BCUT2D eigenvalue weighted by Crippen LogP contribution is 2.37. The van der Waals surface area contributed by atoms with Crippen LogP contribution in [0.1, 0.15) is 38.9 Å². The maximum absolute atomic E-state index is 10.4. The lowest BCUT2D eigenvalue weighted by Crippen LogP contribution is -2.09. The summed E-state index contributed by atoms with van der Waals surface area (Å²) in [4.78, 5) is 4.36. The second kappa shape index (κ2) is 18.0. The van der Waals surface area contributed by atoms with Gasteiger partial charge in [-0.3, -0.25) is 0 Å². The first kappa shape index (κ1) is 38.7. The van der Waals surface area contributed by atoms with Gasteiger partial charge in [-0.1, -0.05) is 121 Å². The maximum atomic E-state index is 10.4. The molecule has 0 radical (unpaired) electrons. The number of nitrogens with zero attached hydrogens (tertiary/aromatic N) is 4. The maximum Gasteiger partial charge on any atom is 0.119 e. The zero-order valence-corrected chi connectivity index (χ0v) is 33.0. The number of hydrogen-bond acceptors (Lipinski definition) is 6. The van der Waals surface area contributed by atoms with Crippen molar-refractivity contribution < 1.29 is 9.84 Å². The standard InChI is InChI=1S/C54H40N4O2/c1-60-50-32-30-49(31-33-50)58(45-10-6-3-7-11-45)47-26-16-40(17-27-47)13-21-43-23-35-51-52(54(43)37-56)34-22-42(53(51)36-55)20-12-39-14-24-46(25-15-39)57(44-8-4-2-5-9-44)48-28-18-41(38-59)19-29-48/h2-35,59H,38H2,1H3. The number of benzene rings is 8. The van der Waals surface area contributed by atoms with Crippen LogP contribution in [0, 0.1) is 22.7 Å².